The first-order chi connectivity index (χ1) is 8.21. The van der Waals surface area contributed by atoms with E-state index in [0.717, 1.165) is 18.2 Å². The quantitative estimate of drug-likeness (QED) is 0.513. The van der Waals surface area contributed by atoms with E-state index in [1.54, 1.807) is 0 Å². The van der Waals surface area contributed by atoms with Crippen LogP contribution in [0.5, 0.6) is 0 Å². The molecule has 5 nitrogen and oxygen atoms in total. The van der Waals surface area contributed by atoms with E-state index in [2.05, 4.69) is 0 Å². The Morgan fingerprint density at radius 1 is 1.39 bits per heavy atom. The van der Waals surface area contributed by atoms with Crippen LogP contribution >= 0.6 is 0 Å². The summed E-state index contributed by atoms with van der Waals surface area (Å²) in [7, 11) is 0. The van der Waals surface area contributed by atoms with Gasteiger partial charge in [-0.1, -0.05) is 0 Å². The van der Waals surface area contributed by atoms with Crippen molar-refractivity contribution in [2.24, 2.45) is 5.73 Å². The molecule has 96 valence electrons. The number of hydrogen-bond acceptors (Lipinski definition) is 3. The molecule has 1 aromatic rings. The second-order valence-corrected chi connectivity index (χ2v) is 3.26. The number of nitro benzene ring substituents is 1. The second-order valence-electron chi connectivity index (χ2n) is 3.26. The van der Waals surface area contributed by atoms with Crippen LogP contribution in [0.3, 0.4) is 0 Å². The van der Waals surface area contributed by atoms with Crippen molar-refractivity contribution in [2.75, 3.05) is 0 Å². The van der Waals surface area contributed by atoms with Gasteiger partial charge >= 0.3 is 6.18 Å². The lowest BCUT2D eigenvalue weighted by atomic mass is 10.1. The summed E-state index contributed by atoms with van der Waals surface area (Å²) in [6, 6.07) is 1.99. The van der Waals surface area contributed by atoms with Gasteiger partial charge in [0.05, 0.1) is 16.1 Å². The molecule has 0 aliphatic carbocycles. The van der Waals surface area contributed by atoms with Gasteiger partial charge in [-0.25, -0.2) is 0 Å². The number of carbonyl (C=O) groups excluding carboxylic acids is 1. The lowest BCUT2D eigenvalue weighted by Crippen LogP contribution is -2.07. The van der Waals surface area contributed by atoms with E-state index in [9.17, 15) is 28.1 Å². The number of primary amides is 1. The zero-order valence-corrected chi connectivity index (χ0v) is 8.77. The van der Waals surface area contributed by atoms with E-state index in [-0.39, 0.29) is 5.56 Å². The van der Waals surface area contributed by atoms with Gasteiger partial charge in [0.2, 0.25) is 5.91 Å². The summed E-state index contributed by atoms with van der Waals surface area (Å²) in [6.45, 7) is 0. The predicted molar refractivity (Wildman–Crippen MR) is 56.3 cm³/mol. The van der Waals surface area contributed by atoms with Gasteiger partial charge in [-0.15, -0.1) is 0 Å². The smallest absolute Gasteiger partial charge is 0.366 e. The zero-order valence-electron chi connectivity index (χ0n) is 8.77. The molecule has 0 fully saturated rings. The minimum Gasteiger partial charge on any atom is -0.366 e. The highest BCUT2D eigenvalue weighted by Gasteiger charge is 2.32. The molecule has 0 aliphatic heterocycles. The Morgan fingerprint density at radius 2 is 2.00 bits per heavy atom. The highest BCUT2D eigenvalue weighted by Crippen LogP contribution is 2.33. The minimum absolute atomic E-state index is 0.133. The van der Waals surface area contributed by atoms with Crippen LogP contribution in [0.4, 0.5) is 18.9 Å². The van der Waals surface area contributed by atoms with E-state index in [0.29, 0.717) is 12.1 Å². The summed E-state index contributed by atoms with van der Waals surface area (Å²) in [5, 5.41) is 10.6. The molecule has 0 atom stereocenters. The Morgan fingerprint density at radius 3 is 2.44 bits per heavy atom. The highest BCUT2D eigenvalue weighted by molar-refractivity contribution is 5.90. The van der Waals surface area contributed by atoms with Gasteiger partial charge in [0.1, 0.15) is 0 Å². The van der Waals surface area contributed by atoms with Gasteiger partial charge < -0.3 is 5.73 Å². The molecule has 0 saturated heterocycles. The Balaban J connectivity index is 3.30. The molecule has 1 rings (SSSR count). The summed E-state index contributed by atoms with van der Waals surface area (Å²) >= 11 is 0. The van der Waals surface area contributed by atoms with Crippen LogP contribution in [-0.2, 0) is 11.0 Å². The third-order valence-corrected chi connectivity index (χ3v) is 1.98. The number of amides is 1. The maximum Gasteiger partial charge on any atom is 0.416 e. The first-order valence-corrected chi connectivity index (χ1v) is 4.55. The maximum absolute atomic E-state index is 12.4. The van der Waals surface area contributed by atoms with Crippen molar-refractivity contribution < 1.29 is 22.9 Å². The van der Waals surface area contributed by atoms with Gasteiger partial charge in [0.25, 0.3) is 5.69 Å². The molecular weight excluding hydrogens is 253 g/mol. The van der Waals surface area contributed by atoms with Crippen LogP contribution in [0.1, 0.15) is 11.1 Å². The molecular formula is C10H7F3N2O3. The summed E-state index contributed by atoms with van der Waals surface area (Å²) in [5.41, 5.74) is 2.78. The monoisotopic (exact) mass is 260 g/mol. The summed E-state index contributed by atoms with van der Waals surface area (Å²) in [6.07, 6.45) is -2.85. The lowest BCUT2D eigenvalue weighted by Gasteiger charge is -2.06. The first kappa shape index (κ1) is 13.7. The van der Waals surface area contributed by atoms with Crippen molar-refractivity contribution in [3.05, 3.63) is 45.5 Å². The molecule has 8 heteroatoms. The van der Waals surface area contributed by atoms with Crippen LogP contribution in [0.2, 0.25) is 0 Å². The van der Waals surface area contributed by atoms with Crippen LogP contribution < -0.4 is 5.73 Å². The molecule has 0 bridgehead atoms. The molecule has 18 heavy (non-hydrogen) atoms. The molecule has 0 spiro atoms. The molecule has 0 unspecified atom stereocenters. The van der Waals surface area contributed by atoms with E-state index >= 15 is 0 Å². The molecule has 0 saturated carbocycles. The van der Waals surface area contributed by atoms with Crippen LogP contribution in [-0.4, -0.2) is 10.8 Å². The van der Waals surface area contributed by atoms with Crippen LogP contribution in [0, 0.1) is 10.1 Å². The van der Waals surface area contributed by atoms with Crippen molar-refractivity contribution in [3.8, 4) is 0 Å². The Labute approximate surface area is 98.9 Å². The molecule has 2 N–H and O–H groups in total. The summed E-state index contributed by atoms with van der Waals surface area (Å²) in [5.74, 6) is -0.857. The molecule has 1 amide bonds. The van der Waals surface area contributed by atoms with Crippen molar-refractivity contribution in [1.82, 2.24) is 0 Å². The third-order valence-electron chi connectivity index (χ3n) is 1.98. The number of nitrogens with zero attached hydrogens (tertiary/aromatic N) is 1. The number of rotatable bonds is 3. The number of halogens is 3. The standard InChI is InChI=1S/C10H7F3N2O3/c11-10(12,13)7-3-1-6(2-4-9(14)16)8(5-7)15(17)18/h1-5H,(H2,14,16)/b4-2+. The van der Waals surface area contributed by atoms with Gasteiger partial charge in [0, 0.05) is 12.1 Å². The maximum atomic E-state index is 12.4. The van der Waals surface area contributed by atoms with Crippen molar-refractivity contribution in [1.29, 1.82) is 0 Å². The second kappa shape index (κ2) is 4.86. The lowest BCUT2D eigenvalue weighted by molar-refractivity contribution is -0.385. The normalized spacial score (nSPS) is 11.7. The fourth-order valence-corrected chi connectivity index (χ4v) is 1.19. The largest absolute Gasteiger partial charge is 0.416 e. The van der Waals surface area contributed by atoms with Gasteiger partial charge in [-0.3, -0.25) is 14.9 Å². The van der Waals surface area contributed by atoms with Gasteiger partial charge in [-0.05, 0) is 18.2 Å². The minimum atomic E-state index is -4.67. The SMILES string of the molecule is NC(=O)/C=C/c1ccc(C(F)(F)F)cc1[N+](=O)[O-]. The number of nitro groups is 1. The Bertz CT molecular complexity index is 524. The average Bonchev–Trinajstić information content (AvgIpc) is 2.24. The van der Waals surface area contributed by atoms with Crippen molar-refractivity contribution in [2.45, 2.75) is 6.18 Å². The number of hydrogen-bond donors (Lipinski definition) is 1. The summed E-state index contributed by atoms with van der Waals surface area (Å²) in [4.78, 5) is 20.1. The predicted octanol–water partition coefficient (Wildman–Crippen LogP) is 2.11. The fourth-order valence-electron chi connectivity index (χ4n) is 1.19. The highest BCUT2D eigenvalue weighted by atomic mass is 19.4. The molecule has 0 radical (unpaired) electrons. The summed E-state index contributed by atoms with van der Waals surface area (Å²) < 4.78 is 37.1. The van der Waals surface area contributed by atoms with Gasteiger partial charge in [0.15, 0.2) is 0 Å². The van der Waals surface area contributed by atoms with Crippen molar-refractivity contribution in [3.63, 3.8) is 0 Å². The average molecular weight is 260 g/mol. The molecule has 0 heterocycles. The number of nitrogens with two attached hydrogens (primary N) is 1. The molecule has 0 aliphatic rings. The van der Waals surface area contributed by atoms with Gasteiger partial charge in [-0.2, -0.15) is 13.2 Å². The Hall–Kier alpha value is -2.38. The van der Waals surface area contributed by atoms with E-state index < -0.39 is 28.3 Å². The molecule has 0 aromatic heterocycles. The number of benzene rings is 1. The number of carbonyl (C=O) groups is 1. The number of alkyl halides is 3. The third kappa shape index (κ3) is 3.30. The van der Waals surface area contributed by atoms with Crippen molar-refractivity contribution >= 4 is 17.7 Å². The van der Waals surface area contributed by atoms with E-state index in [4.69, 9.17) is 5.73 Å². The molecule has 1 aromatic carbocycles. The van der Waals surface area contributed by atoms with E-state index in [1.165, 1.54) is 0 Å². The van der Waals surface area contributed by atoms with E-state index in [1.807, 2.05) is 0 Å². The first-order valence-electron chi connectivity index (χ1n) is 4.55. The fraction of sp³-hybridized carbons (Fsp3) is 0.100. The zero-order chi connectivity index (χ0) is 13.9. The topological polar surface area (TPSA) is 86.2 Å². The van der Waals surface area contributed by atoms with Crippen LogP contribution in [0.15, 0.2) is 24.3 Å². The Kier molecular flexibility index (Phi) is 3.70. The van der Waals surface area contributed by atoms with Crippen LogP contribution in [0.25, 0.3) is 6.08 Å².